The summed E-state index contributed by atoms with van der Waals surface area (Å²) in [6, 6.07) is 1.58. The standard InChI is InChI=1S/C8H7ClN2O/c1-5(8(10)12)6-2-7(9)4-11-3-6/h2-4H,1H2,(H2,10,12). The van der Waals surface area contributed by atoms with E-state index in [1.165, 1.54) is 12.4 Å². The smallest absolute Gasteiger partial charge is 0.248 e. The Morgan fingerprint density at radius 3 is 2.75 bits per heavy atom. The van der Waals surface area contributed by atoms with Gasteiger partial charge in [-0.15, -0.1) is 0 Å². The molecule has 0 saturated heterocycles. The molecule has 62 valence electrons. The van der Waals surface area contributed by atoms with Crippen LogP contribution in [0, 0.1) is 0 Å². The fourth-order valence-corrected chi connectivity index (χ4v) is 0.893. The molecule has 0 unspecified atom stereocenters. The van der Waals surface area contributed by atoms with Gasteiger partial charge in [-0.25, -0.2) is 0 Å². The molecule has 1 amide bonds. The molecule has 0 bridgehead atoms. The van der Waals surface area contributed by atoms with E-state index in [0.717, 1.165) is 0 Å². The number of carbonyl (C=O) groups is 1. The van der Waals surface area contributed by atoms with E-state index in [2.05, 4.69) is 11.6 Å². The third-order valence-electron chi connectivity index (χ3n) is 1.35. The molecule has 0 aliphatic rings. The molecule has 2 N–H and O–H groups in total. The van der Waals surface area contributed by atoms with Crippen LogP contribution in [0.1, 0.15) is 5.56 Å². The molecule has 0 aliphatic heterocycles. The lowest BCUT2D eigenvalue weighted by Gasteiger charge is -1.99. The SMILES string of the molecule is C=C(C(N)=O)c1cncc(Cl)c1. The second kappa shape index (κ2) is 3.36. The minimum atomic E-state index is -0.570. The summed E-state index contributed by atoms with van der Waals surface area (Å²) in [6.07, 6.45) is 2.96. The first kappa shape index (κ1) is 8.74. The number of carbonyl (C=O) groups excluding carboxylic acids is 1. The summed E-state index contributed by atoms with van der Waals surface area (Å²) in [5, 5.41) is 0.454. The molecule has 0 aliphatic carbocycles. The van der Waals surface area contributed by atoms with Crippen molar-refractivity contribution < 1.29 is 4.79 Å². The van der Waals surface area contributed by atoms with Crippen LogP contribution in [0.25, 0.3) is 5.57 Å². The van der Waals surface area contributed by atoms with Gasteiger partial charge in [-0.2, -0.15) is 0 Å². The molecule has 0 radical (unpaired) electrons. The molecule has 4 heteroatoms. The van der Waals surface area contributed by atoms with Crippen LogP contribution in [-0.4, -0.2) is 10.9 Å². The zero-order chi connectivity index (χ0) is 9.14. The number of aromatic nitrogens is 1. The van der Waals surface area contributed by atoms with Crippen molar-refractivity contribution in [1.29, 1.82) is 0 Å². The van der Waals surface area contributed by atoms with Crippen LogP contribution in [-0.2, 0) is 4.79 Å². The van der Waals surface area contributed by atoms with E-state index in [1.807, 2.05) is 0 Å². The van der Waals surface area contributed by atoms with Crippen molar-refractivity contribution in [2.75, 3.05) is 0 Å². The molecular formula is C8H7ClN2O. The fourth-order valence-electron chi connectivity index (χ4n) is 0.719. The summed E-state index contributed by atoms with van der Waals surface area (Å²) in [4.78, 5) is 14.4. The maximum Gasteiger partial charge on any atom is 0.248 e. The second-order valence-corrected chi connectivity index (χ2v) is 2.67. The molecule has 0 spiro atoms. The van der Waals surface area contributed by atoms with E-state index in [0.29, 0.717) is 10.6 Å². The van der Waals surface area contributed by atoms with Crippen LogP contribution in [0.15, 0.2) is 25.0 Å². The average molecular weight is 183 g/mol. The zero-order valence-electron chi connectivity index (χ0n) is 6.25. The number of amides is 1. The van der Waals surface area contributed by atoms with E-state index in [-0.39, 0.29) is 5.57 Å². The zero-order valence-corrected chi connectivity index (χ0v) is 7.01. The van der Waals surface area contributed by atoms with Crippen LogP contribution in [0.4, 0.5) is 0 Å². The Morgan fingerprint density at radius 2 is 2.25 bits per heavy atom. The first-order valence-corrected chi connectivity index (χ1v) is 3.58. The Hall–Kier alpha value is -1.35. The number of rotatable bonds is 2. The third-order valence-corrected chi connectivity index (χ3v) is 1.56. The van der Waals surface area contributed by atoms with Gasteiger partial charge in [-0.1, -0.05) is 18.2 Å². The molecule has 0 fully saturated rings. The van der Waals surface area contributed by atoms with Crippen LogP contribution in [0.3, 0.4) is 0 Å². The number of pyridine rings is 1. The third kappa shape index (κ3) is 1.83. The quantitative estimate of drug-likeness (QED) is 0.700. The molecule has 0 aromatic carbocycles. The van der Waals surface area contributed by atoms with Crippen molar-refractivity contribution in [3.05, 3.63) is 35.6 Å². The van der Waals surface area contributed by atoms with Crippen LogP contribution in [0.5, 0.6) is 0 Å². The number of primary amides is 1. The van der Waals surface area contributed by atoms with E-state index < -0.39 is 5.91 Å². The molecule has 0 saturated carbocycles. The Bertz CT molecular complexity index is 336. The van der Waals surface area contributed by atoms with Crippen LogP contribution < -0.4 is 5.73 Å². The fraction of sp³-hybridized carbons (Fsp3) is 0. The minimum Gasteiger partial charge on any atom is -0.366 e. The van der Waals surface area contributed by atoms with Crippen molar-refractivity contribution in [2.45, 2.75) is 0 Å². The van der Waals surface area contributed by atoms with Gasteiger partial charge in [0.15, 0.2) is 0 Å². The van der Waals surface area contributed by atoms with Gasteiger partial charge in [-0.3, -0.25) is 9.78 Å². The molecule has 1 aromatic heterocycles. The molecule has 12 heavy (non-hydrogen) atoms. The van der Waals surface area contributed by atoms with E-state index in [1.54, 1.807) is 6.07 Å². The maximum absolute atomic E-state index is 10.7. The maximum atomic E-state index is 10.7. The van der Waals surface area contributed by atoms with Crippen molar-refractivity contribution in [3.63, 3.8) is 0 Å². The lowest BCUT2D eigenvalue weighted by Crippen LogP contribution is -2.11. The Kier molecular flexibility index (Phi) is 2.45. The van der Waals surface area contributed by atoms with Gasteiger partial charge in [0.25, 0.3) is 0 Å². The lowest BCUT2D eigenvalue weighted by atomic mass is 10.1. The highest BCUT2D eigenvalue weighted by atomic mass is 35.5. The van der Waals surface area contributed by atoms with Crippen molar-refractivity contribution in [3.8, 4) is 0 Å². The monoisotopic (exact) mass is 182 g/mol. The molecule has 3 nitrogen and oxygen atoms in total. The molecule has 1 rings (SSSR count). The highest BCUT2D eigenvalue weighted by Gasteiger charge is 2.04. The Morgan fingerprint density at radius 1 is 1.58 bits per heavy atom. The van der Waals surface area contributed by atoms with E-state index >= 15 is 0 Å². The van der Waals surface area contributed by atoms with Gasteiger partial charge in [0.05, 0.1) is 5.02 Å². The number of halogens is 1. The Balaban J connectivity index is 3.04. The first-order valence-electron chi connectivity index (χ1n) is 3.21. The molecule has 1 heterocycles. The highest BCUT2D eigenvalue weighted by molar-refractivity contribution is 6.31. The summed E-state index contributed by atoms with van der Waals surface area (Å²) in [5.41, 5.74) is 5.77. The average Bonchev–Trinajstić information content (AvgIpc) is 2.03. The number of nitrogens with two attached hydrogens (primary N) is 1. The lowest BCUT2D eigenvalue weighted by molar-refractivity contribution is -0.112. The Labute approximate surface area is 74.9 Å². The normalized spacial score (nSPS) is 9.42. The van der Waals surface area contributed by atoms with Gasteiger partial charge in [-0.05, 0) is 6.07 Å². The van der Waals surface area contributed by atoms with Gasteiger partial charge in [0.2, 0.25) is 5.91 Å². The van der Waals surface area contributed by atoms with E-state index in [9.17, 15) is 4.79 Å². The summed E-state index contributed by atoms with van der Waals surface area (Å²) in [6.45, 7) is 3.49. The molecular weight excluding hydrogens is 176 g/mol. The summed E-state index contributed by atoms with van der Waals surface area (Å²) >= 11 is 5.64. The van der Waals surface area contributed by atoms with Crippen molar-refractivity contribution in [2.24, 2.45) is 5.73 Å². The summed E-state index contributed by atoms with van der Waals surface area (Å²) < 4.78 is 0. The van der Waals surface area contributed by atoms with Gasteiger partial charge in [0.1, 0.15) is 0 Å². The highest BCUT2D eigenvalue weighted by Crippen LogP contribution is 2.14. The number of nitrogens with zero attached hydrogens (tertiary/aromatic N) is 1. The predicted octanol–water partition coefficient (Wildman–Crippen LogP) is 1.23. The first-order chi connectivity index (χ1) is 5.61. The topological polar surface area (TPSA) is 56.0 Å². The number of hydrogen-bond acceptors (Lipinski definition) is 2. The van der Waals surface area contributed by atoms with Gasteiger partial charge < -0.3 is 5.73 Å². The molecule has 1 aromatic rings. The van der Waals surface area contributed by atoms with Gasteiger partial charge in [0, 0.05) is 23.5 Å². The van der Waals surface area contributed by atoms with Gasteiger partial charge >= 0.3 is 0 Å². The second-order valence-electron chi connectivity index (χ2n) is 2.23. The minimum absolute atomic E-state index is 0.213. The number of hydrogen-bond donors (Lipinski definition) is 1. The predicted molar refractivity (Wildman–Crippen MR) is 47.5 cm³/mol. The summed E-state index contributed by atoms with van der Waals surface area (Å²) in [5.74, 6) is -0.570. The largest absolute Gasteiger partial charge is 0.366 e. The summed E-state index contributed by atoms with van der Waals surface area (Å²) in [7, 11) is 0. The van der Waals surface area contributed by atoms with E-state index in [4.69, 9.17) is 17.3 Å². The van der Waals surface area contributed by atoms with Crippen molar-refractivity contribution >= 4 is 23.1 Å². The van der Waals surface area contributed by atoms with Crippen LogP contribution >= 0.6 is 11.6 Å². The molecule has 0 atom stereocenters. The van der Waals surface area contributed by atoms with Crippen LogP contribution in [0.2, 0.25) is 5.02 Å². The van der Waals surface area contributed by atoms with Crippen molar-refractivity contribution in [1.82, 2.24) is 4.98 Å².